The molecule has 1 aliphatic rings. The van der Waals surface area contributed by atoms with Crippen LogP contribution in [-0.4, -0.2) is 40.5 Å². The van der Waals surface area contributed by atoms with Crippen molar-refractivity contribution in [3.05, 3.63) is 60.7 Å². The van der Waals surface area contributed by atoms with Gasteiger partial charge in [0, 0.05) is 42.0 Å². The molecule has 0 amide bonds. The van der Waals surface area contributed by atoms with Crippen LogP contribution < -0.4 is 5.32 Å². The Kier molecular flexibility index (Phi) is 5.83. The van der Waals surface area contributed by atoms with Crippen molar-refractivity contribution in [2.45, 2.75) is 23.8 Å². The first-order valence-corrected chi connectivity index (χ1v) is 9.60. The fraction of sp³-hybridized carbons (Fsp3) is 0.368. The SMILES string of the molecule is O=[S@](CCN1CCC(Nc2ccccc2)CC1)c1ccccc1. The first-order valence-electron chi connectivity index (χ1n) is 8.28. The Hall–Kier alpha value is -1.65. The van der Waals surface area contributed by atoms with Crippen LogP contribution in [0.15, 0.2) is 65.6 Å². The van der Waals surface area contributed by atoms with E-state index in [1.54, 1.807) is 0 Å². The molecule has 2 aromatic rings. The maximum Gasteiger partial charge on any atom is 0.0542 e. The predicted molar refractivity (Wildman–Crippen MR) is 97.2 cm³/mol. The zero-order chi connectivity index (χ0) is 15.9. The summed E-state index contributed by atoms with van der Waals surface area (Å²) >= 11 is 0. The minimum absolute atomic E-state index is 0.549. The number of hydrogen-bond acceptors (Lipinski definition) is 3. The summed E-state index contributed by atoms with van der Waals surface area (Å²) in [6.45, 7) is 3.08. The molecule has 1 saturated heterocycles. The molecule has 1 heterocycles. The highest BCUT2D eigenvalue weighted by Crippen LogP contribution is 2.16. The summed E-state index contributed by atoms with van der Waals surface area (Å²) in [5.41, 5.74) is 1.20. The van der Waals surface area contributed by atoms with E-state index >= 15 is 0 Å². The highest BCUT2D eigenvalue weighted by molar-refractivity contribution is 7.85. The van der Waals surface area contributed by atoms with E-state index in [-0.39, 0.29) is 0 Å². The van der Waals surface area contributed by atoms with Crippen molar-refractivity contribution in [3.8, 4) is 0 Å². The molecule has 2 aromatic carbocycles. The molecule has 1 aliphatic heterocycles. The fourth-order valence-corrected chi connectivity index (χ4v) is 4.09. The second-order valence-electron chi connectivity index (χ2n) is 5.99. The lowest BCUT2D eigenvalue weighted by molar-refractivity contribution is 0.231. The molecule has 0 aromatic heterocycles. The molecule has 0 saturated carbocycles. The van der Waals surface area contributed by atoms with Gasteiger partial charge in [0.2, 0.25) is 0 Å². The molecule has 3 rings (SSSR count). The lowest BCUT2D eigenvalue weighted by atomic mass is 10.0. The molecule has 1 atom stereocenters. The molecule has 4 heteroatoms. The highest BCUT2D eigenvalue weighted by atomic mass is 32.2. The van der Waals surface area contributed by atoms with Gasteiger partial charge in [0.15, 0.2) is 0 Å². The highest BCUT2D eigenvalue weighted by Gasteiger charge is 2.19. The Bertz CT molecular complexity index is 610. The number of nitrogens with one attached hydrogen (secondary N) is 1. The van der Waals surface area contributed by atoms with E-state index in [0.29, 0.717) is 6.04 Å². The summed E-state index contributed by atoms with van der Waals surface area (Å²) in [5.74, 6) is 0.723. The first kappa shape index (κ1) is 16.2. The van der Waals surface area contributed by atoms with Gasteiger partial charge in [-0.1, -0.05) is 36.4 Å². The number of nitrogens with zero attached hydrogens (tertiary/aromatic N) is 1. The molecule has 0 aliphatic carbocycles. The van der Waals surface area contributed by atoms with E-state index in [1.165, 1.54) is 5.69 Å². The zero-order valence-corrected chi connectivity index (χ0v) is 14.2. The first-order chi connectivity index (χ1) is 11.3. The van der Waals surface area contributed by atoms with E-state index in [4.69, 9.17) is 0 Å². The number of rotatable bonds is 6. The van der Waals surface area contributed by atoms with Crippen LogP contribution >= 0.6 is 0 Å². The van der Waals surface area contributed by atoms with E-state index in [0.717, 1.165) is 43.1 Å². The van der Waals surface area contributed by atoms with Crippen molar-refractivity contribution in [1.82, 2.24) is 4.90 Å². The molecule has 3 nitrogen and oxygen atoms in total. The van der Waals surface area contributed by atoms with Crippen molar-refractivity contribution in [3.63, 3.8) is 0 Å². The Morgan fingerprint density at radius 1 is 0.957 bits per heavy atom. The van der Waals surface area contributed by atoms with Crippen LogP contribution in [0.3, 0.4) is 0 Å². The number of piperidine rings is 1. The van der Waals surface area contributed by atoms with Gasteiger partial charge in [-0.25, -0.2) is 0 Å². The van der Waals surface area contributed by atoms with Gasteiger partial charge >= 0.3 is 0 Å². The molecule has 122 valence electrons. The number of likely N-dealkylation sites (tertiary alicyclic amines) is 1. The van der Waals surface area contributed by atoms with Gasteiger partial charge in [0.25, 0.3) is 0 Å². The number of hydrogen-bond donors (Lipinski definition) is 1. The molecule has 0 bridgehead atoms. The van der Waals surface area contributed by atoms with Crippen LogP contribution in [0.2, 0.25) is 0 Å². The molecule has 0 unspecified atom stereocenters. The van der Waals surface area contributed by atoms with Crippen LogP contribution in [0.25, 0.3) is 0 Å². The minimum atomic E-state index is -0.883. The summed E-state index contributed by atoms with van der Waals surface area (Å²) in [4.78, 5) is 3.37. The van der Waals surface area contributed by atoms with Gasteiger partial charge < -0.3 is 10.2 Å². The van der Waals surface area contributed by atoms with Gasteiger partial charge in [0.05, 0.1) is 10.8 Å². The van der Waals surface area contributed by atoms with Gasteiger partial charge in [0.1, 0.15) is 0 Å². The smallest absolute Gasteiger partial charge is 0.0542 e. The minimum Gasteiger partial charge on any atom is -0.382 e. The average molecular weight is 328 g/mol. The van der Waals surface area contributed by atoms with E-state index in [2.05, 4.69) is 34.5 Å². The van der Waals surface area contributed by atoms with Gasteiger partial charge in [-0.15, -0.1) is 0 Å². The average Bonchev–Trinajstić information content (AvgIpc) is 2.62. The second-order valence-corrected chi connectivity index (χ2v) is 7.56. The number of para-hydroxylation sites is 1. The molecule has 1 fully saturated rings. The monoisotopic (exact) mass is 328 g/mol. The Morgan fingerprint density at radius 2 is 1.57 bits per heavy atom. The van der Waals surface area contributed by atoms with Crippen LogP contribution in [0, 0.1) is 0 Å². The standard InChI is InChI=1S/C19H24N2OS/c22-23(19-9-5-2-6-10-19)16-15-21-13-11-18(12-14-21)20-17-7-3-1-4-8-17/h1-10,18,20H,11-16H2/t23-/m1/s1. The van der Waals surface area contributed by atoms with E-state index < -0.39 is 10.8 Å². The van der Waals surface area contributed by atoms with Gasteiger partial charge in [-0.3, -0.25) is 4.21 Å². The fourth-order valence-electron chi connectivity index (χ4n) is 2.97. The Labute approximate surface area is 141 Å². The lowest BCUT2D eigenvalue weighted by Crippen LogP contribution is -2.40. The van der Waals surface area contributed by atoms with Crippen molar-refractivity contribution in [2.24, 2.45) is 0 Å². The third kappa shape index (κ3) is 4.91. The predicted octanol–water partition coefficient (Wildman–Crippen LogP) is 3.37. The van der Waals surface area contributed by atoms with E-state index in [9.17, 15) is 4.21 Å². The lowest BCUT2D eigenvalue weighted by Gasteiger charge is -2.32. The quantitative estimate of drug-likeness (QED) is 0.882. The van der Waals surface area contributed by atoms with Crippen LogP contribution in [-0.2, 0) is 10.8 Å². The third-order valence-electron chi connectivity index (χ3n) is 4.33. The summed E-state index contributed by atoms with van der Waals surface area (Å²) in [7, 11) is -0.883. The van der Waals surface area contributed by atoms with Gasteiger partial charge in [-0.05, 0) is 37.1 Å². The topological polar surface area (TPSA) is 32.3 Å². The number of benzene rings is 2. The summed E-state index contributed by atoms with van der Waals surface area (Å²) < 4.78 is 12.3. The zero-order valence-electron chi connectivity index (χ0n) is 13.4. The molecule has 1 N–H and O–H groups in total. The molecule has 23 heavy (non-hydrogen) atoms. The second kappa shape index (κ2) is 8.27. The van der Waals surface area contributed by atoms with Crippen LogP contribution in [0.4, 0.5) is 5.69 Å². The van der Waals surface area contributed by atoms with Gasteiger partial charge in [-0.2, -0.15) is 0 Å². The van der Waals surface area contributed by atoms with Crippen molar-refractivity contribution in [2.75, 3.05) is 30.7 Å². The maximum absolute atomic E-state index is 12.3. The summed E-state index contributed by atoms with van der Waals surface area (Å²) in [5, 5.41) is 3.61. The summed E-state index contributed by atoms with van der Waals surface area (Å²) in [6, 6.07) is 20.7. The number of anilines is 1. The normalized spacial score (nSPS) is 17.7. The Balaban J connectivity index is 1.40. The van der Waals surface area contributed by atoms with Crippen molar-refractivity contribution >= 4 is 16.5 Å². The van der Waals surface area contributed by atoms with Crippen molar-refractivity contribution < 1.29 is 4.21 Å². The molecule has 0 spiro atoms. The summed E-state index contributed by atoms with van der Waals surface area (Å²) in [6.07, 6.45) is 2.29. The van der Waals surface area contributed by atoms with Crippen molar-refractivity contribution in [1.29, 1.82) is 0 Å². The van der Waals surface area contributed by atoms with Crippen LogP contribution in [0.1, 0.15) is 12.8 Å². The molecule has 0 radical (unpaired) electrons. The molecular weight excluding hydrogens is 304 g/mol. The van der Waals surface area contributed by atoms with Crippen LogP contribution in [0.5, 0.6) is 0 Å². The molecular formula is C19H24N2OS. The van der Waals surface area contributed by atoms with E-state index in [1.807, 2.05) is 36.4 Å². The maximum atomic E-state index is 12.3. The largest absolute Gasteiger partial charge is 0.382 e. The third-order valence-corrected chi connectivity index (χ3v) is 5.68. The Morgan fingerprint density at radius 3 is 2.22 bits per heavy atom.